The smallest absolute Gasteiger partial charge is 0.218 e. The molecule has 1 saturated carbocycles. The number of aromatic nitrogens is 2. The third kappa shape index (κ3) is 5.87. The van der Waals surface area contributed by atoms with Crippen LogP contribution in [0.2, 0.25) is 0 Å². The van der Waals surface area contributed by atoms with E-state index >= 15 is 0 Å². The van der Waals surface area contributed by atoms with E-state index in [0.717, 1.165) is 37.8 Å². The molecule has 0 aliphatic heterocycles. The Labute approximate surface area is 127 Å². The zero-order chi connectivity index (χ0) is 15.1. The molecule has 1 heterocycles. The number of hydrogen-bond donors (Lipinski definition) is 1. The highest BCUT2D eigenvalue weighted by atomic mass is 16.5. The second-order valence-corrected chi connectivity index (χ2v) is 5.91. The van der Waals surface area contributed by atoms with Crippen molar-refractivity contribution in [2.24, 2.45) is 5.92 Å². The van der Waals surface area contributed by atoms with E-state index in [1.807, 2.05) is 13.0 Å². The van der Waals surface area contributed by atoms with Crippen molar-refractivity contribution in [3.05, 3.63) is 11.9 Å². The molecule has 1 aromatic heterocycles. The minimum Gasteiger partial charge on any atom is -0.477 e. The number of anilines is 1. The Hall–Kier alpha value is -1.36. The minimum atomic E-state index is 0.493. The van der Waals surface area contributed by atoms with Gasteiger partial charge in [-0.15, -0.1) is 0 Å². The molecule has 0 bridgehead atoms. The van der Waals surface area contributed by atoms with E-state index in [1.165, 1.54) is 12.8 Å². The van der Waals surface area contributed by atoms with Crippen molar-refractivity contribution in [3.8, 4) is 5.88 Å². The summed E-state index contributed by atoms with van der Waals surface area (Å²) in [6.07, 6.45) is 3.35. The number of nitrogens with one attached hydrogen (secondary N) is 1. The summed E-state index contributed by atoms with van der Waals surface area (Å²) in [5, 5.41) is 3.34. The van der Waals surface area contributed by atoms with Gasteiger partial charge in [-0.1, -0.05) is 13.8 Å². The molecule has 0 atom stereocenters. The Morgan fingerprint density at radius 2 is 2.14 bits per heavy atom. The SMILES string of the molecule is CCOCCCNc1cc(OCC(C)C)nc(C2CC2)n1. The molecule has 1 aliphatic rings. The molecule has 118 valence electrons. The van der Waals surface area contributed by atoms with Gasteiger partial charge in [-0.3, -0.25) is 0 Å². The van der Waals surface area contributed by atoms with Crippen LogP contribution in [0.5, 0.6) is 5.88 Å². The summed E-state index contributed by atoms with van der Waals surface area (Å²) in [5.74, 6) is 3.49. The monoisotopic (exact) mass is 293 g/mol. The minimum absolute atomic E-state index is 0.493. The van der Waals surface area contributed by atoms with Gasteiger partial charge in [0.1, 0.15) is 11.6 Å². The van der Waals surface area contributed by atoms with Crippen molar-refractivity contribution in [2.75, 3.05) is 31.7 Å². The van der Waals surface area contributed by atoms with Crippen LogP contribution < -0.4 is 10.1 Å². The van der Waals surface area contributed by atoms with Crippen molar-refractivity contribution in [1.29, 1.82) is 0 Å². The van der Waals surface area contributed by atoms with Crippen molar-refractivity contribution in [3.63, 3.8) is 0 Å². The highest BCUT2D eigenvalue weighted by molar-refractivity contribution is 5.39. The molecule has 0 amide bonds. The summed E-state index contributed by atoms with van der Waals surface area (Å²) < 4.78 is 11.1. The fourth-order valence-corrected chi connectivity index (χ4v) is 1.92. The predicted molar refractivity (Wildman–Crippen MR) is 83.9 cm³/mol. The first kappa shape index (κ1) is 16.0. The van der Waals surface area contributed by atoms with Gasteiger partial charge in [-0.05, 0) is 32.1 Å². The van der Waals surface area contributed by atoms with Gasteiger partial charge in [0.25, 0.3) is 0 Å². The Morgan fingerprint density at radius 1 is 1.33 bits per heavy atom. The first-order chi connectivity index (χ1) is 10.2. The fraction of sp³-hybridized carbons (Fsp3) is 0.750. The molecule has 1 aromatic rings. The fourth-order valence-electron chi connectivity index (χ4n) is 1.92. The number of rotatable bonds is 10. The second kappa shape index (κ2) is 8.17. The molecule has 0 unspecified atom stereocenters. The Bertz CT molecular complexity index is 434. The molecular weight excluding hydrogens is 266 g/mol. The van der Waals surface area contributed by atoms with Crippen molar-refractivity contribution in [1.82, 2.24) is 9.97 Å². The van der Waals surface area contributed by atoms with Crippen LogP contribution in [-0.4, -0.2) is 36.3 Å². The predicted octanol–water partition coefficient (Wildman–Crippen LogP) is 3.23. The topological polar surface area (TPSA) is 56.3 Å². The molecule has 0 radical (unpaired) electrons. The van der Waals surface area contributed by atoms with Crippen molar-refractivity contribution < 1.29 is 9.47 Å². The molecule has 1 N–H and O–H groups in total. The van der Waals surface area contributed by atoms with E-state index in [-0.39, 0.29) is 0 Å². The summed E-state index contributed by atoms with van der Waals surface area (Å²) in [6, 6.07) is 1.90. The summed E-state index contributed by atoms with van der Waals surface area (Å²) in [4.78, 5) is 9.12. The van der Waals surface area contributed by atoms with Crippen LogP contribution in [-0.2, 0) is 4.74 Å². The first-order valence-corrected chi connectivity index (χ1v) is 8.02. The summed E-state index contributed by atoms with van der Waals surface area (Å²) in [7, 11) is 0. The van der Waals surface area contributed by atoms with E-state index in [1.54, 1.807) is 0 Å². The molecule has 5 heteroatoms. The standard InChI is InChI=1S/C16H27N3O2/c1-4-20-9-5-8-17-14-10-15(21-11-12(2)3)19-16(18-14)13-6-7-13/h10,12-13H,4-9,11H2,1-3H3,(H,17,18,19). The second-order valence-electron chi connectivity index (χ2n) is 5.91. The lowest BCUT2D eigenvalue weighted by Gasteiger charge is -2.12. The Balaban J connectivity index is 1.91. The average Bonchev–Trinajstić information content (AvgIpc) is 3.29. The highest BCUT2D eigenvalue weighted by Gasteiger charge is 2.27. The van der Waals surface area contributed by atoms with Gasteiger partial charge in [0.15, 0.2) is 0 Å². The number of hydrogen-bond acceptors (Lipinski definition) is 5. The number of nitrogens with zero attached hydrogens (tertiary/aromatic N) is 2. The molecule has 21 heavy (non-hydrogen) atoms. The average molecular weight is 293 g/mol. The van der Waals surface area contributed by atoms with Gasteiger partial charge < -0.3 is 14.8 Å². The zero-order valence-corrected chi connectivity index (χ0v) is 13.4. The largest absolute Gasteiger partial charge is 0.477 e. The van der Waals surface area contributed by atoms with Crippen LogP contribution in [0.15, 0.2) is 6.07 Å². The van der Waals surface area contributed by atoms with Crippen LogP contribution in [0, 0.1) is 5.92 Å². The normalized spacial score (nSPS) is 14.5. The maximum absolute atomic E-state index is 5.76. The molecule has 0 aromatic carbocycles. The van der Waals surface area contributed by atoms with Crippen LogP contribution in [0.4, 0.5) is 5.82 Å². The van der Waals surface area contributed by atoms with Crippen LogP contribution >= 0.6 is 0 Å². The summed E-state index contributed by atoms with van der Waals surface area (Å²) >= 11 is 0. The van der Waals surface area contributed by atoms with Crippen molar-refractivity contribution in [2.45, 2.75) is 46.0 Å². The van der Waals surface area contributed by atoms with Gasteiger partial charge >= 0.3 is 0 Å². The van der Waals surface area contributed by atoms with E-state index in [9.17, 15) is 0 Å². The lowest BCUT2D eigenvalue weighted by molar-refractivity contribution is 0.147. The molecule has 5 nitrogen and oxygen atoms in total. The first-order valence-electron chi connectivity index (χ1n) is 8.02. The highest BCUT2D eigenvalue weighted by Crippen LogP contribution is 2.39. The molecule has 1 aliphatic carbocycles. The summed E-state index contributed by atoms with van der Waals surface area (Å²) in [6.45, 7) is 9.37. The third-order valence-electron chi connectivity index (χ3n) is 3.20. The molecule has 0 spiro atoms. The maximum Gasteiger partial charge on any atom is 0.218 e. The van der Waals surface area contributed by atoms with E-state index in [4.69, 9.17) is 9.47 Å². The molecule has 2 rings (SSSR count). The Morgan fingerprint density at radius 3 is 2.81 bits per heavy atom. The van der Waals surface area contributed by atoms with E-state index in [2.05, 4.69) is 29.1 Å². The maximum atomic E-state index is 5.76. The Kier molecular flexibility index (Phi) is 6.23. The molecule has 1 fully saturated rings. The van der Waals surface area contributed by atoms with Gasteiger partial charge in [-0.2, -0.15) is 4.98 Å². The van der Waals surface area contributed by atoms with Gasteiger partial charge in [0, 0.05) is 31.7 Å². The van der Waals surface area contributed by atoms with Gasteiger partial charge in [0.2, 0.25) is 5.88 Å². The lowest BCUT2D eigenvalue weighted by Crippen LogP contribution is -2.11. The molecular formula is C16H27N3O2. The zero-order valence-electron chi connectivity index (χ0n) is 13.4. The summed E-state index contributed by atoms with van der Waals surface area (Å²) in [5.41, 5.74) is 0. The van der Waals surface area contributed by atoms with Crippen molar-refractivity contribution >= 4 is 5.82 Å². The van der Waals surface area contributed by atoms with Crippen LogP contribution in [0.1, 0.15) is 51.8 Å². The lowest BCUT2D eigenvalue weighted by atomic mass is 10.2. The molecule has 0 saturated heterocycles. The quantitative estimate of drug-likeness (QED) is 0.671. The van der Waals surface area contributed by atoms with Crippen LogP contribution in [0.3, 0.4) is 0 Å². The van der Waals surface area contributed by atoms with Gasteiger partial charge in [0.05, 0.1) is 6.61 Å². The number of ether oxygens (including phenoxy) is 2. The van der Waals surface area contributed by atoms with E-state index < -0.39 is 0 Å². The van der Waals surface area contributed by atoms with Gasteiger partial charge in [-0.25, -0.2) is 4.98 Å². The third-order valence-corrected chi connectivity index (χ3v) is 3.20. The van der Waals surface area contributed by atoms with Crippen LogP contribution in [0.25, 0.3) is 0 Å². The van der Waals surface area contributed by atoms with E-state index in [0.29, 0.717) is 24.3 Å².